The van der Waals surface area contributed by atoms with Gasteiger partial charge in [0.05, 0.1) is 12.3 Å². The van der Waals surface area contributed by atoms with E-state index in [9.17, 15) is 14.4 Å². The molecule has 1 aliphatic heterocycles. The van der Waals surface area contributed by atoms with Crippen molar-refractivity contribution >= 4 is 23.5 Å². The summed E-state index contributed by atoms with van der Waals surface area (Å²) in [5.74, 6) is -1.20. The summed E-state index contributed by atoms with van der Waals surface area (Å²) in [4.78, 5) is 40.2. The molecule has 1 aromatic carbocycles. The van der Waals surface area contributed by atoms with Gasteiger partial charge in [0.2, 0.25) is 11.8 Å². The fourth-order valence-corrected chi connectivity index (χ4v) is 2.83. The summed E-state index contributed by atoms with van der Waals surface area (Å²) < 4.78 is 5.37. The quantitative estimate of drug-likeness (QED) is 0.645. The number of anilines is 1. The largest absolute Gasteiger partial charge is 0.494 e. The van der Waals surface area contributed by atoms with Gasteiger partial charge in [0.1, 0.15) is 11.7 Å². The summed E-state index contributed by atoms with van der Waals surface area (Å²) in [7, 11) is 0. The summed E-state index contributed by atoms with van der Waals surface area (Å²) in [5, 5.41) is 2.29. The van der Waals surface area contributed by atoms with Crippen molar-refractivity contribution in [3.63, 3.8) is 0 Å². The van der Waals surface area contributed by atoms with E-state index in [1.54, 1.807) is 24.3 Å². The van der Waals surface area contributed by atoms with Crippen molar-refractivity contribution in [2.75, 3.05) is 31.1 Å². The minimum Gasteiger partial charge on any atom is -0.494 e. The number of ether oxygens (including phenoxy) is 1. The number of rotatable bonds is 8. The standard InChI is InChI=1S/C18H25N3O4.2H2O/c1-4-20(5-2)12-11-15-16(22)19-18(24)21(17(15)23)13-7-9-14(10-8-13)25-6-3;;/h7-10,15H,4-6,11-12H2,1-3H3,(H,19,22,24);2*1H2. The Hall–Kier alpha value is -2.49. The smallest absolute Gasteiger partial charge is 0.335 e. The Morgan fingerprint density at radius 1 is 1.04 bits per heavy atom. The molecule has 1 atom stereocenters. The molecule has 27 heavy (non-hydrogen) atoms. The lowest BCUT2D eigenvalue weighted by molar-refractivity contribution is -0.134. The summed E-state index contributed by atoms with van der Waals surface area (Å²) in [5.41, 5.74) is 0.422. The highest BCUT2D eigenvalue weighted by Crippen LogP contribution is 2.24. The van der Waals surface area contributed by atoms with Crippen LogP contribution in [0.25, 0.3) is 0 Å². The van der Waals surface area contributed by atoms with Crippen molar-refractivity contribution in [1.29, 1.82) is 0 Å². The number of imide groups is 2. The van der Waals surface area contributed by atoms with Gasteiger partial charge in [-0.1, -0.05) is 13.8 Å². The van der Waals surface area contributed by atoms with E-state index in [-0.39, 0.29) is 11.0 Å². The van der Waals surface area contributed by atoms with Crippen molar-refractivity contribution in [2.24, 2.45) is 5.92 Å². The third kappa shape index (κ3) is 5.75. The fourth-order valence-electron chi connectivity index (χ4n) is 2.83. The molecule has 2 rings (SSSR count). The fraction of sp³-hybridized carbons (Fsp3) is 0.500. The average Bonchev–Trinajstić information content (AvgIpc) is 2.59. The Labute approximate surface area is 158 Å². The van der Waals surface area contributed by atoms with E-state index in [0.29, 0.717) is 31.0 Å². The van der Waals surface area contributed by atoms with E-state index in [1.165, 1.54) is 0 Å². The average molecular weight is 383 g/mol. The van der Waals surface area contributed by atoms with Crippen LogP contribution in [-0.2, 0) is 9.59 Å². The molecule has 0 spiro atoms. The lowest BCUT2D eigenvalue weighted by Crippen LogP contribution is -2.58. The van der Waals surface area contributed by atoms with Gasteiger partial charge < -0.3 is 20.6 Å². The van der Waals surface area contributed by atoms with Gasteiger partial charge in [-0.2, -0.15) is 0 Å². The number of urea groups is 1. The Balaban J connectivity index is 0.00000338. The van der Waals surface area contributed by atoms with Gasteiger partial charge in [-0.25, -0.2) is 9.69 Å². The van der Waals surface area contributed by atoms with Gasteiger partial charge in [0.25, 0.3) is 0 Å². The van der Waals surface area contributed by atoms with E-state index in [0.717, 1.165) is 18.0 Å². The third-order valence-corrected chi connectivity index (χ3v) is 4.30. The van der Waals surface area contributed by atoms with Crippen LogP contribution >= 0.6 is 0 Å². The van der Waals surface area contributed by atoms with Crippen LogP contribution in [0.3, 0.4) is 0 Å². The predicted octanol–water partition coefficient (Wildman–Crippen LogP) is 0.367. The zero-order valence-corrected chi connectivity index (χ0v) is 15.9. The highest BCUT2D eigenvalue weighted by molar-refractivity contribution is 6.27. The number of benzene rings is 1. The Kier molecular flexibility index (Phi) is 10.2. The summed E-state index contributed by atoms with van der Waals surface area (Å²) >= 11 is 0. The van der Waals surface area contributed by atoms with E-state index < -0.39 is 23.8 Å². The maximum absolute atomic E-state index is 12.7. The highest BCUT2D eigenvalue weighted by Gasteiger charge is 2.41. The van der Waals surface area contributed by atoms with Gasteiger partial charge >= 0.3 is 6.03 Å². The number of carbonyl (C=O) groups excluding carboxylic acids is 3. The molecule has 0 aromatic heterocycles. The first-order valence-corrected chi connectivity index (χ1v) is 8.65. The van der Waals surface area contributed by atoms with Crippen LogP contribution in [0.4, 0.5) is 10.5 Å². The van der Waals surface area contributed by atoms with E-state index in [2.05, 4.69) is 10.2 Å². The molecule has 1 aliphatic rings. The van der Waals surface area contributed by atoms with Crippen LogP contribution in [0.5, 0.6) is 5.75 Å². The number of carbonyl (C=O) groups is 3. The van der Waals surface area contributed by atoms with Crippen molar-refractivity contribution in [3.8, 4) is 5.75 Å². The predicted molar refractivity (Wildman–Crippen MR) is 102 cm³/mol. The zero-order chi connectivity index (χ0) is 18.4. The van der Waals surface area contributed by atoms with Gasteiger partial charge in [-0.05, 0) is 57.2 Å². The lowest BCUT2D eigenvalue weighted by Gasteiger charge is -2.31. The first-order chi connectivity index (χ1) is 12.0. The molecule has 9 heteroatoms. The highest BCUT2D eigenvalue weighted by atomic mass is 16.5. The summed E-state index contributed by atoms with van der Waals surface area (Å²) in [6.45, 7) is 8.79. The maximum Gasteiger partial charge on any atom is 0.335 e. The second kappa shape index (κ2) is 11.3. The van der Waals surface area contributed by atoms with Crippen LogP contribution in [0.2, 0.25) is 0 Å². The second-order valence-electron chi connectivity index (χ2n) is 5.76. The number of hydrogen-bond acceptors (Lipinski definition) is 5. The molecule has 1 fully saturated rings. The van der Waals surface area contributed by atoms with Gasteiger partial charge in [0, 0.05) is 0 Å². The number of barbiturate groups is 1. The van der Waals surface area contributed by atoms with Gasteiger partial charge in [-0.15, -0.1) is 0 Å². The van der Waals surface area contributed by atoms with Crippen LogP contribution in [0.1, 0.15) is 27.2 Å². The van der Waals surface area contributed by atoms with Crippen LogP contribution in [0.15, 0.2) is 24.3 Å². The normalized spacial score (nSPS) is 16.5. The molecule has 1 aromatic rings. The first kappa shape index (κ1) is 24.5. The maximum atomic E-state index is 12.7. The van der Waals surface area contributed by atoms with E-state index >= 15 is 0 Å². The molecule has 152 valence electrons. The van der Waals surface area contributed by atoms with Crippen molar-refractivity contribution < 1.29 is 30.1 Å². The van der Waals surface area contributed by atoms with E-state index in [4.69, 9.17) is 4.74 Å². The molecule has 0 bridgehead atoms. The molecule has 0 saturated carbocycles. The summed E-state index contributed by atoms with van der Waals surface area (Å²) in [6.07, 6.45) is 0.382. The van der Waals surface area contributed by atoms with Gasteiger partial charge in [-0.3, -0.25) is 14.9 Å². The lowest BCUT2D eigenvalue weighted by atomic mass is 10.00. The van der Waals surface area contributed by atoms with Crippen LogP contribution in [-0.4, -0.2) is 59.9 Å². The van der Waals surface area contributed by atoms with Crippen molar-refractivity contribution in [2.45, 2.75) is 27.2 Å². The van der Waals surface area contributed by atoms with Crippen LogP contribution < -0.4 is 15.0 Å². The number of amides is 4. The molecular weight excluding hydrogens is 354 g/mol. The Bertz CT molecular complexity index is 630. The molecule has 1 unspecified atom stereocenters. The SMILES string of the molecule is CCOc1ccc(N2C(=O)NC(=O)C(CCN(CC)CC)C2=O)cc1.O.O. The molecule has 1 heterocycles. The summed E-state index contributed by atoms with van der Waals surface area (Å²) in [6, 6.07) is 5.96. The van der Waals surface area contributed by atoms with Crippen molar-refractivity contribution in [3.05, 3.63) is 24.3 Å². The van der Waals surface area contributed by atoms with Crippen molar-refractivity contribution in [1.82, 2.24) is 10.2 Å². The number of nitrogens with zero attached hydrogens (tertiary/aromatic N) is 2. The Morgan fingerprint density at radius 3 is 2.15 bits per heavy atom. The monoisotopic (exact) mass is 383 g/mol. The number of nitrogens with one attached hydrogen (secondary N) is 1. The topological polar surface area (TPSA) is 142 Å². The molecule has 0 aliphatic carbocycles. The van der Waals surface area contributed by atoms with E-state index in [1.807, 2.05) is 20.8 Å². The second-order valence-corrected chi connectivity index (χ2v) is 5.76. The Morgan fingerprint density at radius 2 is 1.63 bits per heavy atom. The molecule has 1 saturated heterocycles. The molecular formula is C18H29N3O6. The minimum absolute atomic E-state index is 0. The molecule has 5 N–H and O–H groups in total. The molecule has 4 amide bonds. The number of hydrogen-bond donors (Lipinski definition) is 1. The minimum atomic E-state index is -0.857. The third-order valence-electron chi connectivity index (χ3n) is 4.30. The van der Waals surface area contributed by atoms with Gasteiger partial charge in [0.15, 0.2) is 0 Å². The zero-order valence-electron chi connectivity index (χ0n) is 15.9. The molecule has 0 radical (unpaired) electrons. The van der Waals surface area contributed by atoms with Crippen LogP contribution in [0, 0.1) is 5.92 Å². The molecule has 9 nitrogen and oxygen atoms in total. The first-order valence-electron chi connectivity index (χ1n) is 8.65.